The Bertz CT molecular complexity index is 1260. The topological polar surface area (TPSA) is 117 Å². The van der Waals surface area contributed by atoms with Gasteiger partial charge in [0, 0.05) is 44.9 Å². The van der Waals surface area contributed by atoms with Gasteiger partial charge in [0.25, 0.3) is 5.91 Å². The molecule has 2 saturated carbocycles. The minimum atomic E-state index is -0.617. The van der Waals surface area contributed by atoms with Crippen LogP contribution in [0.2, 0.25) is 0 Å². The summed E-state index contributed by atoms with van der Waals surface area (Å²) in [5.41, 5.74) is 1.59. The van der Waals surface area contributed by atoms with Gasteiger partial charge >= 0.3 is 0 Å². The summed E-state index contributed by atoms with van der Waals surface area (Å²) in [4.78, 5) is 34.8. The number of carbonyl (C=O) groups excluding carboxylic acids is 2. The molecule has 10 nitrogen and oxygen atoms in total. The van der Waals surface area contributed by atoms with Crippen LogP contribution in [-0.2, 0) is 4.79 Å². The van der Waals surface area contributed by atoms with Crippen LogP contribution in [0.1, 0.15) is 55.4 Å². The predicted octanol–water partition coefficient (Wildman–Crippen LogP) is 3.54. The molecule has 0 atom stereocenters. The standard InChI is InChI=1S/C25H31FN8O2/c1-33(2)23(35)11-15-3-5-17(6-4-15)30-22-12-20(29-16-7-8-16)24-28-14-21(34(24)32-22)25(36)31-19-9-10-27-13-18(19)26/h9-10,12-17,29H,3-8,11H2,1-2H3,(H,30,32)(H,27,31,36). The third-order valence-corrected chi connectivity index (χ3v) is 6.82. The molecule has 3 aromatic rings. The fourth-order valence-electron chi connectivity index (χ4n) is 4.56. The molecule has 0 radical (unpaired) electrons. The summed E-state index contributed by atoms with van der Waals surface area (Å²) in [6.45, 7) is 0. The van der Waals surface area contributed by atoms with Crippen molar-refractivity contribution in [2.75, 3.05) is 30.0 Å². The van der Waals surface area contributed by atoms with Crippen molar-refractivity contribution < 1.29 is 14.0 Å². The van der Waals surface area contributed by atoms with Gasteiger partial charge < -0.3 is 20.9 Å². The molecule has 0 spiro atoms. The first-order valence-corrected chi connectivity index (χ1v) is 12.4. The minimum absolute atomic E-state index is 0.0417. The first-order valence-electron chi connectivity index (χ1n) is 12.4. The average Bonchev–Trinajstić information content (AvgIpc) is 3.57. The van der Waals surface area contributed by atoms with Crippen molar-refractivity contribution in [3.63, 3.8) is 0 Å². The van der Waals surface area contributed by atoms with Gasteiger partial charge in [-0.1, -0.05) is 0 Å². The molecule has 2 fully saturated rings. The molecule has 0 aromatic carbocycles. The molecule has 0 unspecified atom stereocenters. The molecule has 2 amide bonds. The number of halogens is 1. The van der Waals surface area contributed by atoms with Crippen LogP contribution < -0.4 is 16.0 Å². The van der Waals surface area contributed by atoms with Crippen LogP contribution >= 0.6 is 0 Å². The van der Waals surface area contributed by atoms with Gasteiger partial charge in [0.1, 0.15) is 5.82 Å². The van der Waals surface area contributed by atoms with Crippen LogP contribution in [-0.4, -0.2) is 62.5 Å². The molecule has 0 saturated heterocycles. The smallest absolute Gasteiger partial charge is 0.276 e. The molecule has 2 aliphatic rings. The maximum absolute atomic E-state index is 14.0. The van der Waals surface area contributed by atoms with Gasteiger partial charge in [-0.2, -0.15) is 0 Å². The number of nitrogens with one attached hydrogen (secondary N) is 3. The second-order valence-electron chi connectivity index (χ2n) is 9.90. The number of nitrogens with zero attached hydrogens (tertiary/aromatic N) is 5. The van der Waals surface area contributed by atoms with Gasteiger partial charge in [0.05, 0.1) is 23.8 Å². The quantitative estimate of drug-likeness (QED) is 0.439. The molecule has 5 rings (SSSR count). The van der Waals surface area contributed by atoms with Gasteiger partial charge in [-0.3, -0.25) is 14.6 Å². The number of rotatable bonds is 8. The number of amides is 2. The lowest BCUT2D eigenvalue weighted by molar-refractivity contribution is -0.129. The monoisotopic (exact) mass is 494 g/mol. The summed E-state index contributed by atoms with van der Waals surface area (Å²) in [5.74, 6) is 0.0835. The van der Waals surface area contributed by atoms with E-state index in [1.165, 1.54) is 23.0 Å². The third-order valence-electron chi connectivity index (χ3n) is 6.82. The number of hydrogen-bond acceptors (Lipinski definition) is 7. The van der Waals surface area contributed by atoms with Gasteiger partial charge in [0.2, 0.25) is 5.91 Å². The summed E-state index contributed by atoms with van der Waals surface area (Å²) in [7, 11) is 3.59. The van der Waals surface area contributed by atoms with Crippen LogP contribution in [0.3, 0.4) is 0 Å². The Kier molecular flexibility index (Phi) is 6.71. The largest absolute Gasteiger partial charge is 0.379 e. The second-order valence-corrected chi connectivity index (χ2v) is 9.90. The van der Waals surface area contributed by atoms with E-state index in [1.54, 1.807) is 19.0 Å². The van der Waals surface area contributed by atoms with Crippen LogP contribution in [0.25, 0.3) is 5.65 Å². The molecule has 0 aliphatic heterocycles. The fourth-order valence-corrected chi connectivity index (χ4v) is 4.56. The molecule has 3 aromatic heterocycles. The summed E-state index contributed by atoms with van der Waals surface area (Å²) in [6.07, 6.45) is 10.5. The van der Waals surface area contributed by atoms with Crippen LogP contribution in [0.5, 0.6) is 0 Å². The first-order chi connectivity index (χ1) is 17.4. The Morgan fingerprint density at radius 3 is 2.47 bits per heavy atom. The lowest BCUT2D eigenvalue weighted by atomic mass is 9.84. The normalized spacial score (nSPS) is 19.6. The Labute approximate surface area is 208 Å². The highest BCUT2D eigenvalue weighted by Gasteiger charge is 2.27. The van der Waals surface area contributed by atoms with Crippen molar-refractivity contribution in [1.29, 1.82) is 0 Å². The number of imidazole rings is 1. The maximum Gasteiger partial charge on any atom is 0.276 e. The molecular formula is C25H31FN8O2. The van der Waals surface area contributed by atoms with Crippen molar-refractivity contribution in [3.8, 4) is 0 Å². The van der Waals surface area contributed by atoms with Crippen LogP contribution in [0.15, 0.2) is 30.7 Å². The average molecular weight is 495 g/mol. The number of anilines is 3. The molecule has 11 heteroatoms. The van der Waals surface area contributed by atoms with Gasteiger partial charge in [-0.15, -0.1) is 5.10 Å². The van der Waals surface area contributed by atoms with Crippen LogP contribution in [0, 0.1) is 11.7 Å². The van der Waals surface area contributed by atoms with Gasteiger partial charge in [0.15, 0.2) is 17.2 Å². The SMILES string of the molecule is CN(C)C(=O)CC1CCC(Nc2cc(NC3CC3)c3ncc(C(=O)Nc4ccncc4F)n3n2)CC1. The number of pyridine rings is 1. The summed E-state index contributed by atoms with van der Waals surface area (Å²) in [6, 6.07) is 3.95. The Hall–Kier alpha value is -3.76. The number of carbonyl (C=O) groups is 2. The maximum atomic E-state index is 14.0. The highest BCUT2D eigenvalue weighted by atomic mass is 19.1. The van der Waals surface area contributed by atoms with Gasteiger partial charge in [-0.05, 0) is 50.5 Å². The highest BCUT2D eigenvalue weighted by molar-refractivity contribution is 6.03. The van der Waals surface area contributed by atoms with E-state index in [1.807, 2.05) is 6.07 Å². The number of fused-ring (bicyclic) bond motifs is 1. The molecule has 3 heterocycles. The van der Waals surface area contributed by atoms with Crippen LogP contribution in [0.4, 0.5) is 21.6 Å². The number of hydrogen-bond donors (Lipinski definition) is 3. The molecule has 3 N–H and O–H groups in total. The fraction of sp³-hybridized carbons (Fsp3) is 0.480. The second kappa shape index (κ2) is 10.1. The molecule has 36 heavy (non-hydrogen) atoms. The lowest BCUT2D eigenvalue weighted by Crippen LogP contribution is -2.30. The van der Waals surface area contributed by atoms with Crippen molar-refractivity contribution in [3.05, 3.63) is 42.2 Å². The zero-order valence-electron chi connectivity index (χ0n) is 20.5. The van der Waals surface area contributed by atoms with E-state index >= 15 is 0 Å². The first kappa shape index (κ1) is 24.0. The molecular weight excluding hydrogens is 463 g/mol. The zero-order valence-corrected chi connectivity index (χ0v) is 20.5. The van der Waals surface area contributed by atoms with Crippen molar-refractivity contribution in [1.82, 2.24) is 24.5 Å². The van der Waals surface area contributed by atoms with E-state index in [9.17, 15) is 14.0 Å². The number of aromatic nitrogens is 4. The van der Waals surface area contributed by atoms with Gasteiger partial charge in [-0.25, -0.2) is 13.9 Å². The summed E-state index contributed by atoms with van der Waals surface area (Å²) >= 11 is 0. The minimum Gasteiger partial charge on any atom is -0.379 e. The Balaban J connectivity index is 1.34. The third kappa shape index (κ3) is 5.39. The molecule has 190 valence electrons. The Morgan fingerprint density at radius 1 is 1.06 bits per heavy atom. The van der Waals surface area contributed by atoms with E-state index in [0.29, 0.717) is 29.8 Å². The van der Waals surface area contributed by atoms with Crippen molar-refractivity contribution in [2.24, 2.45) is 5.92 Å². The summed E-state index contributed by atoms with van der Waals surface area (Å²) < 4.78 is 15.5. The Morgan fingerprint density at radius 2 is 1.78 bits per heavy atom. The zero-order chi connectivity index (χ0) is 25.2. The van der Waals surface area contributed by atoms with E-state index in [2.05, 4.69) is 31.0 Å². The van der Waals surface area contributed by atoms with E-state index in [0.717, 1.165) is 50.4 Å². The van der Waals surface area contributed by atoms with E-state index in [4.69, 9.17) is 0 Å². The lowest BCUT2D eigenvalue weighted by Gasteiger charge is -2.29. The van der Waals surface area contributed by atoms with Crippen molar-refractivity contribution in [2.45, 2.75) is 57.0 Å². The summed E-state index contributed by atoms with van der Waals surface area (Å²) in [5, 5.41) is 14.3. The van der Waals surface area contributed by atoms with E-state index in [-0.39, 0.29) is 23.3 Å². The van der Waals surface area contributed by atoms with Crippen molar-refractivity contribution >= 4 is 34.7 Å². The predicted molar refractivity (Wildman–Crippen MR) is 134 cm³/mol. The molecule has 2 aliphatic carbocycles. The molecule has 0 bridgehead atoms. The highest BCUT2D eigenvalue weighted by Crippen LogP contribution is 2.31. The van der Waals surface area contributed by atoms with E-state index < -0.39 is 11.7 Å².